The summed E-state index contributed by atoms with van der Waals surface area (Å²) in [4.78, 5) is 17.2. The Hall–Kier alpha value is -3.12. The molecule has 0 unspecified atom stereocenters. The van der Waals surface area contributed by atoms with Gasteiger partial charge in [0, 0.05) is 56.0 Å². The molecule has 8 heteroatoms. The van der Waals surface area contributed by atoms with Gasteiger partial charge in [-0.25, -0.2) is 0 Å². The van der Waals surface area contributed by atoms with E-state index in [-0.39, 0.29) is 12.5 Å². The van der Waals surface area contributed by atoms with E-state index in [1.165, 1.54) is 0 Å². The number of carbonyl (C=O) groups is 1. The number of amides is 1. The Morgan fingerprint density at radius 1 is 1.19 bits per heavy atom. The number of ether oxygens (including phenoxy) is 2. The molecule has 1 aromatic heterocycles. The highest BCUT2D eigenvalue weighted by Gasteiger charge is 2.17. The second kappa shape index (κ2) is 10.5. The van der Waals surface area contributed by atoms with Gasteiger partial charge in [-0.3, -0.25) is 14.6 Å². The predicted molar refractivity (Wildman–Crippen MR) is 123 cm³/mol. The summed E-state index contributed by atoms with van der Waals surface area (Å²) in [5.41, 5.74) is 2.05. The Kier molecular flexibility index (Phi) is 7.22. The summed E-state index contributed by atoms with van der Waals surface area (Å²) in [6, 6.07) is 13.7. The highest BCUT2D eigenvalue weighted by atomic mass is 16.5. The van der Waals surface area contributed by atoms with Gasteiger partial charge in [-0.15, -0.1) is 0 Å². The fourth-order valence-electron chi connectivity index (χ4n) is 4.00. The number of nitriles is 1. The number of hydrogen-bond acceptors (Lipinski definition) is 7. The van der Waals surface area contributed by atoms with E-state index < -0.39 is 0 Å². The summed E-state index contributed by atoms with van der Waals surface area (Å²) in [6.45, 7) is 5.58. The number of rotatable bonds is 9. The number of morpholine rings is 1. The van der Waals surface area contributed by atoms with Gasteiger partial charge in [0.15, 0.2) is 0 Å². The van der Waals surface area contributed by atoms with Gasteiger partial charge in [0.05, 0.1) is 38.6 Å². The van der Waals surface area contributed by atoms with Crippen molar-refractivity contribution in [3.63, 3.8) is 0 Å². The van der Waals surface area contributed by atoms with E-state index in [1.807, 2.05) is 35.2 Å². The van der Waals surface area contributed by atoms with Gasteiger partial charge < -0.3 is 19.2 Å². The van der Waals surface area contributed by atoms with Gasteiger partial charge in [0.2, 0.25) is 5.91 Å². The normalized spacial score (nSPS) is 14.7. The molecule has 0 spiro atoms. The van der Waals surface area contributed by atoms with E-state index >= 15 is 0 Å². The molecule has 1 aliphatic heterocycles. The Morgan fingerprint density at radius 2 is 2.00 bits per heavy atom. The monoisotopic (exact) mass is 436 g/mol. The van der Waals surface area contributed by atoms with Crippen LogP contribution in [0.1, 0.15) is 6.42 Å². The molecule has 1 amide bonds. The van der Waals surface area contributed by atoms with Gasteiger partial charge in [0.1, 0.15) is 16.9 Å². The van der Waals surface area contributed by atoms with Gasteiger partial charge in [-0.2, -0.15) is 5.26 Å². The van der Waals surface area contributed by atoms with Crippen molar-refractivity contribution in [1.82, 2.24) is 9.80 Å². The molecular weight excluding hydrogens is 408 g/mol. The molecule has 0 bridgehead atoms. The molecule has 1 saturated heterocycles. The van der Waals surface area contributed by atoms with E-state index in [1.54, 1.807) is 13.2 Å². The van der Waals surface area contributed by atoms with Crippen LogP contribution in [-0.2, 0) is 9.53 Å². The minimum absolute atomic E-state index is 0.154. The molecule has 8 nitrogen and oxygen atoms in total. The molecule has 2 aromatic carbocycles. The first-order chi connectivity index (χ1) is 15.7. The Bertz CT molecular complexity index is 1110. The van der Waals surface area contributed by atoms with E-state index in [0.29, 0.717) is 30.0 Å². The van der Waals surface area contributed by atoms with Crippen molar-refractivity contribution in [2.75, 3.05) is 64.9 Å². The summed E-state index contributed by atoms with van der Waals surface area (Å²) in [6.07, 6.45) is 0.380. The third kappa shape index (κ3) is 5.19. The molecule has 4 rings (SSSR count). The van der Waals surface area contributed by atoms with Crippen molar-refractivity contribution in [2.45, 2.75) is 6.42 Å². The number of methoxy groups -OCH3 is 1. The van der Waals surface area contributed by atoms with Gasteiger partial charge in [-0.1, -0.05) is 18.2 Å². The summed E-state index contributed by atoms with van der Waals surface area (Å²) in [7, 11) is 1.58. The number of furan rings is 1. The first-order valence-corrected chi connectivity index (χ1v) is 10.9. The number of nitrogens with one attached hydrogen (secondary N) is 1. The van der Waals surface area contributed by atoms with Crippen LogP contribution in [0.2, 0.25) is 0 Å². The summed E-state index contributed by atoms with van der Waals surface area (Å²) >= 11 is 0. The number of fused-ring (bicyclic) bond motifs is 3. The largest absolute Gasteiger partial charge is 0.495 e. The van der Waals surface area contributed by atoms with E-state index in [0.717, 1.165) is 55.7 Å². The van der Waals surface area contributed by atoms with Crippen molar-refractivity contribution in [2.24, 2.45) is 0 Å². The van der Waals surface area contributed by atoms with Crippen molar-refractivity contribution in [1.29, 1.82) is 5.26 Å². The van der Waals surface area contributed by atoms with Crippen molar-refractivity contribution < 1.29 is 18.7 Å². The number of hydrogen-bond donors (Lipinski definition) is 1. The van der Waals surface area contributed by atoms with Crippen molar-refractivity contribution in [3.8, 4) is 11.8 Å². The standard InChI is InChI=1S/C24H28N4O4/c1-30-23-15-19-18-5-2-3-6-21(18)32-22(19)16-20(23)26-24(29)17-28(8-4-7-25)10-9-27-11-13-31-14-12-27/h2-3,5-6,15-16H,4,8-14,17H2,1H3,(H,26,29). The van der Waals surface area contributed by atoms with Crippen LogP contribution < -0.4 is 10.1 Å². The predicted octanol–water partition coefficient (Wildman–Crippen LogP) is 3.08. The Morgan fingerprint density at radius 3 is 2.78 bits per heavy atom. The lowest BCUT2D eigenvalue weighted by atomic mass is 10.1. The lowest BCUT2D eigenvalue weighted by molar-refractivity contribution is -0.117. The second-order valence-corrected chi connectivity index (χ2v) is 7.83. The van der Waals surface area contributed by atoms with Crippen LogP contribution in [0.3, 0.4) is 0 Å². The molecule has 1 N–H and O–H groups in total. The van der Waals surface area contributed by atoms with Crippen LogP contribution in [0.15, 0.2) is 40.8 Å². The van der Waals surface area contributed by atoms with Gasteiger partial charge >= 0.3 is 0 Å². The molecule has 0 radical (unpaired) electrons. The summed E-state index contributed by atoms with van der Waals surface area (Å²) in [5, 5.41) is 13.9. The topological polar surface area (TPSA) is 91.0 Å². The lowest BCUT2D eigenvalue weighted by Gasteiger charge is -2.29. The number of nitrogens with zero attached hydrogens (tertiary/aromatic N) is 3. The zero-order valence-corrected chi connectivity index (χ0v) is 18.3. The summed E-state index contributed by atoms with van der Waals surface area (Å²) in [5.74, 6) is 0.424. The third-order valence-electron chi connectivity index (χ3n) is 5.72. The van der Waals surface area contributed by atoms with E-state index in [9.17, 15) is 4.79 Å². The quantitative estimate of drug-likeness (QED) is 0.551. The minimum atomic E-state index is -0.154. The number of anilines is 1. The molecule has 3 aromatic rings. The molecule has 1 aliphatic rings. The highest BCUT2D eigenvalue weighted by Crippen LogP contribution is 2.36. The third-order valence-corrected chi connectivity index (χ3v) is 5.72. The summed E-state index contributed by atoms with van der Waals surface area (Å²) < 4.78 is 16.9. The first-order valence-electron chi connectivity index (χ1n) is 10.9. The first kappa shape index (κ1) is 22.1. The van der Waals surface area contributed by atoms with Crippen LogP contribution in [0.25, 0.3) is 21.9 Å². The smallest absolute Gasteiger partial charge is 0.238 e. The van der Waals surface area contributed by atoms with Crippen LogP contribution in [0.5, 0.6) is 5.75 Å². The zero-order chi connectivity index (χ0) is 22.3. The maximum atomic E-state index is 12.9. The molecule has 2 heterocycles. The molecular formula is C24H28N4O4. The average Bonchev–Trinajstić information content (AvgIpc) is 3.18. The average molecular weight is 437 g/mol. The van der Waals surface area contributed by atoms with Crippen LogP contribution >= 0.6 is 0 Å². The van der Waals surface area contributed by atoms with Crippen LogP contribution in [0, 0.1) is 11.3 Å². The lowest BCUT2D eigenvalue weighted by Crippen LogP contribution is -2.43. The maximum absolute atomic E-state index is 12.9. The SMILES string of the molecule is COc1cc2c(cc1NC(=O)CN(CCC#N)CCN1CCOCC1)oc1ccccc12. The zero-order valence-electron chi connectivity index (χ0n) is 18.3. The molecule has 32 heavy (non-hydrogen) atoms. The fourth-order valence-corrected chi connectivity index (χ4v) is 4.00. The number of para-hydroxylation sites is 1. The molecule has 0 atom stereocenters. The van der Waals surface area contributed by atoms with Crippen molar-refractivity contribution >= 4 is 33.5 Å². The highest BCUT2D eigenvalue weighted by molar-refractivity contribution is 6.07. The fraction of sp³-hybridized carbons (Fsp3) is 0.417. The molecule has 0 aliphatic carbocycles. The molecule has 168 valence electrons. The number of benzene rings is 2. The molecule has 1 fully saturated rings. The van der Waals surface area contributed by atoms with Gasteiger partial charge in [0.25, 0.3) is 0 Å². The molecule has 0 saturated carbocycles. The van der Waals surface area contributed by atoms with E-state index in [4.69, 9.17) is 19.2 Å². The minimum Gasteiger partial charge on any atom is -0.495 e. The second-order valence-electron chi connectivity index (χ2n) is 7.83. The van der Waals surface area contributed by atoms with Crippen LogP contribution in [0.4, 0.5) is 5.69 Å². The van der Waals surface area contributed by atoms with Gasteiger partial charge in [-0.05, 0) is 12.1 Å². The maximum Gasteiger partial charge on any atom is 0.238 e. The Balaban J connectivity index is 1.45. The van der Waals surface area contributed by atoms with Crippen molar-refractivity contribution in [3.05, 3.63) is 36.4 Å². The number of carbonyl (C=O) groups excluding carboxylic acids is 1. The Labute approximate surface area is 187 Å². The van der Waals surface area contributed by atoms with Crippen LogP contribution in [-0.4, -0.2) is 75.3 Å². The van der Waals surface area contributed by atoms with E-state index in [2.05, 4.69) is 16.3 Å².